The van der Waals surface area contributed by atoms with Gasteiger partial charge < -0.3 is 5.21 Å². The monoisotopic (exact) mass is 76.0 g/mol. The molecule has 0 saturated carbocycles. The molecule has 3 nitrogen and oxygen atoms in total. The summed E-state index contributed by atoms with van der Waals surface area (Å²) in [6.07, 6.45) is 0. The van der Waals surface area contributed by atoms with E-state index in [2.05, 4.69) is 5.90 Å². The van der Waals surface area contributed by atoms with Crippen molar-refractivity contribution in [1.29, 1.82) is 4.35 Å². The van der Waals surface area contributed by atoms with Gasteiger partial charge in [-0.2, -0.15) is 0 Å². The molecule has 4 heavy (non-hydrogen) atoms. The van der Waals surface area contributed by atoms with Crippen LogP contribution in [-0.2, 0) is 0 Å². The Hall–Kier alpha value is 0.252. The predicted molar refractivity (Wildman–Crippen MR) is 15.8 cm³/mol. The molecule has 4 heteroatoms. The van der Waals surface area contributed by atoms with E-state index in [0.29, 0.717) is 0 Å². The first kappa shape index (κ1) is 8.87. The SMILES string of the molecule is NO.[NH]=[AlH]. The van der Waals surface area contributed by atoms with Crippen LogP contribution in [0.25, 0.3) is 0 Å². The average Bonchev–Trinajstić information content (AvgIpc) is 1.50. The van der Waals surface area contributed by atoms with Crippen molar-refractivity contribution in [3.63, 3.8) is 0 Å². The quantitative estimate of drug-likeness (QED) is 0.255. The number of hydrogen-bond donors (Lipinski definition) is 3. The fourth-order valence-electron chi connectivity index (χ4n) is 0. The molecular weight excluding hydrogens is 71.0 g/mol. The minimum atomic E-state index is 1.11. The van der Waals surface area contributed by atoms with Crippen LogP contribution in [-0.4, -0.2) is 21.3 Å². The molecular formula is H5AlN2O. The molecule has 0 heterocycles. The van der Waals surface area contributed by atoms with Crippen molar-refractivity contribution in [2.75, 3.05) is 0 Å². The summed E-state index contributed by atoms with van der Waals surface area (Å²) in [7, 11) is 0. The Morgan fingerprint density at radius 1 is 1.50 bits per heavy atom. The van der Waals surface area contributed by atoms with E-state index in [-0.39, 0.29) is 0 Å². The van der Waals surface area contributed by atoms with E-state index in [0.717, 1.165) is 16.1 Å². The Bertz CT molecular complexity index is 6.00. The van der Waals surface area contributed by atoms with Crippen LogP contribution in [0.2, 0.25) is 0 Å². The fraction of sp³-hybridized carbons (Fsp3) is 0. The van der Waals surface area contributed by atoms with Crippen LogP contribution < -0.4 is 5.90 Å². The first-order chi connectivity index (χ1) is 2.00. The number of nitrogens with two attached hydrogens (primary N) is 1. The van der Waals surface area contributed by atoms with Crippen LogP contribution in [0.3, 0.4) is 0 Å². The topological polar surface area (TPSA) is 70.1 Å². The van der Waals surface area contributed by atoms with E-state index in [1.54, 1.807) is 0 Å². The van der Waals surface area contributed by atoms with Gasteiger partial charge in [0.25, 0.3) is 0 Å². The zero-order chi connectivity index (χ0) is 4.00. The molecule has 4 N–H and O–H groups in total. The Balaban J connectivity index is 0. The normalized spacial score (nSPS) is 2.25. The van der Waals surface area contributed by atoms with Crippen molar-refractivity contribution >= 4 is 16.1 Å². The van der Waals surface area contributed by atoms with E-state index in [1.165, 1.54) is 0 Å². The Morgan fingerprint density at radius 3 is 1.50 bits per heavy atom. The summed E-state index contributed by atoms with van der Waals surface area (Å²) in [4.78, 5) is 0. The first-order valence-corrected chi connectivity index (χ1v) is 1.32. The molecule has 0 amide bonds. The number of hydrogen-bond acceptors (Lipinski definition) is 3. The summed E-state index contributed by atoms with van der Waals surface area (Å²) >= 11 is 1.11. The fourth-order valence-corrected chi connectivity index (χ4v) is 0. The molecule has 0 aliphatic rings. The minimum absolute atomic E-state index is 1.11. The molecule has 0 aromatic rings. The average molecular weight is 76.0 g/mol. The summed E-state index contributed by atoms with van der Waals surface area (Å²) in [5.41, 5.74) is 0. The van der Waals surface area contributed by atoms with Gasteiger partial charge in [0.1, 0.15) is 0 Å². The van der Waals surface area contributed by atoms with E-state index >= 15 is 0 Å². The molecule has 0 aromatic heterocycles. The molecule has 0 aromatic carbocycles. The zero-order valence-corrected chi connectivity index (χ0v) is 3.65. The van der Waals surface area contributed by atoms with Gasteiger partial charge in [-0.3, -0.25) is 0 Å². The van der Waals surface area contributed by atoms with Crippen molar-refractivity contribution in [3.05, 3.63) is 0 Å². The van der Waals surface area contributed by atoms with E-state index in [1.807, 2.05) is 0 Å². The Kier molecular flexibility index (Phi) is 574. The molecule has 0 atom stereocenters. The van der Waals surface area contributed by atoms with Crippen molar-refractivity contribution in [3.8, 4) is 0 Å². The van der Waals surface area contributed by atoms with Crippen molar-refractivity contribution in [2.24, 2.45) is 5.90 Å². The second kappa shape index (κ2) is 259. The third-order valence-corrected chi connectivity index (χ3v) is 0. The van der Waals surface area contributed by atoms with Crippen molar-refractivity contribution < 1.29 is 5.21 Å². The molecule has 0 aliphatic carbocycles. The van der Waals surface area contributed by atoms with Crippen LogP contribution in [0.5, 0.6) is 0 Å². The van der Waals surface area contributed by atoms with Gasteiger partial charge >= 0.3 is 20.4 Å². The maximum absolute atomic E-state index is 6.50. The maximum atomic E-state index is 6.50. The third kappa shape index (κ3) is 55.4. The molecule has 0 radical (unpaired) electrons. The first-order valence-electron chi connectivity index (χ1n) is 0.612. The van der Waals surface area contributed by atoms with E-state index in [4.69, 9.17) is 9.55 Å². The van der Waals surface area contributed by atoms with Crippen molar-refractivity contribution in [1.82, 2.24) is 0 Å². The molecule has 0 spiro atoms. The van der Waals surface area contributed by atoms with Crippen molar-refractivity contribution in [2.45, 2.75) is 0 Å². The van der Waals surface area contributed by atoms with Gasteiger partial charge in [0.05, 0.1) is 0 Å². The van der Waals surface area contributed by atoms with E-state index in [9.17, 15) is 0 Å². The second-order valence-corrected chi connectivity index (χ2v) is 0. The van der Waals surface area contributed by atoms with Gasteiger partial charge in [0.2, 0.25) is 0 Å². The summed E-state index contributed by atoms with van der Waals surface area (Å²) in [5.74, 6) is 3.50. The van der Waals surface area contributed by atoms with Gasteiger partial charge in [0.15, 0.2) is 0 Å². The number of nitrogens with one attached hydrogen (secondary N) is 1. The standard InChI is InChI=1S/Al.H3NO.HN.H/c;1-2;;/h;2H,1H2;1H;. The van der Waals surface area contributed by atoms with Crippen LogP contribution in [0.4, 0.5) is 0 Å². The van der Waals surface area contributed by atoms with Crippen LogP contribution >= 0.6 is 0 Å². The summed E-state index contributed by atoms with van der Waals surface area (Å²) in [5, 5.41) is 6.50. The summed E-state index contributed by atoms with van der Waals surface area (Å²) in [6, 6.07) is 0. The molecule has 0 unspecified atom stereocenters. The van der Waals surface area contributed by atoms with E-state index < -0.39 is 0 Å². The molecule has 0 rings (SSSR count). The molecule has 0 aliphatic heterocycles. The third-order valence-electron chi connectivity index (χ3n) is 0. The van der Waals surface area contributed by atoms with Crippen LogP contribution in [0.15, 0.2) is 0 Å². The summed E-state index contributed by atoms with van der Waals surface area (Å²) in [6.45, 7) is 0. The second-order valence-electron chi connectivity index (χ2n) is 0. The van der Waals surface area contributed by atoms with Crippen LogP contribution in [0, 0.1) is 4.35 Å². The van der Waals surface area contributed by atoms with Crippen LogP contribution in [0.1, 0.15) is 0 Å². The Labute approximate surface area is 32.4 Å². The van der Waals surface area contributed by atoms with Gasteiger partial charge in [-0.1, -0.05) is 0 Å². The van der Waals surface area contributed by atoms with Gasteiger partial charge in [0, 0.05) is 0 Å². The Morgan fingerprint density at radius 2 is 1.50 bits per heavy atom. The number of rotatable bonds is 0. The molecule has 0 saturated heterocycles. The predicted octanol–water partition coefficient (Wildman–Crippen LogP) is -1.02. The molecule has 24 valence electrons. The molecule has 0 fully saturated rings. The van der Waals surface area contributed by atoms with Gasteiger partial charge in [-0.25, -0.2) is 5.90 Å². The molecule has 0 bridgehead atoms. The van der Waals surface area contributed by atoms with Gasteiger partial charge in [-0.05, 0) is 0 Å². The summed E-state index contributed by atoms with van der Waals surface area (Å²) < 4.78 is 5.78. The van der Waals surface area contributed by atoms with Gasteiger partial charge in [-0.15, -0.1) is 0 Å². The zero-order valence-electron chi connectivity index (χ0n) is 2.23.